The average molecular weight is 225 g/mol. The number of nitrogens with two attached hydrogens (primary N) is 1. The van der Waals surface area contributed by atoms with Gasteiger partial charge in [-0.3, -0.25) is 0 Å². The quantitative estimate of drug-likeness (QED) is 0.853. The second-order valence-electron chi connectivity index (χ2n) is 4.20. The summed E-state index contributed by atoms with van der Waals surface area (Å²) >= 11 is 0. The molecule has 0 spiro atoms. The highest BCUT2D eigenvalue weighted by Crippen LogP contribution is 2.23. The highest BCUT2D eigenvalue weighted by atomic mass is 19.2. The number of rotatable bonds is 2. The highest BCUT2D eigenvalue weighted by molar-refractivity contribution is 5.79. The maximum atomic E-state index is 13.6. The molecule has 0 radical (unpaired) electrons. The summed E-state index contributed by atoms with van der Waals surface area (Å²) in [6.07, 6.45) is 0. The fourth-order valence-corrected chi connectivity index (χ4v) is 1.73. The van der Waals surface area contributed by atoms with E-state index in [0.717, 1.165) is 6.07 Å². The van der Waals surface area contributed by atoms with Gasteiger partial charge in [0.15, 0.2) is 11.6 Å². The first-order valence-corrected chi connectivity index (χ1v) is 5.10. The molecule has 3 nitrogen and oxygen atoms in total. The molecule has 2 rings (SSSR count). The van der Waals surface area contributed by atoms with Gasteiger partial charge in [-0.05, 0) is 18.1 Å². The van der Waals surface area contributed by atoms with Crippen molar-refractivity contribution in [3.8, 4) is 0 Å². The molecule has 0 bridgehead atoms. The Balaban J connectivity index is 2.71. The van der Waals surface area contributed by atoms with Crippen LogP contribution >= 0.6 is 0 Å². The molecule has 0 saturated carbocycles. The smallest absolute Gasteiger partial charge is 0.201 e. The SMILES string of the molecule is CC(C)Cn1c(N)nc2ccc(F)c(F)c21. The number of hydrogen-bond acceptors (Lipinski definition) is 2. The molecule has 0 aliphatic carbocycles. The molecule has 0 fully saturated rings. The van der Waals surface area contributed by atoms with Crippen LogP contribution in [0.2, 0.25) is 0 Å². The first-order chi connectivity index (χ1) is 7.50. The van der Waals surface area contributed by atoms with Crippen LogP contribution in [0.15, 0.2) is 12.1 Å². The molecule has 0 aliphatic rings. The van der Waals surface area contributed by atoms with E-state index in [2.05, 4.69) is 4.98 Å². The third-order valence-corrected chi connectivity index (χ3v) is 2.38. The zero-order valence-corrected chi connectivity index (χ0v) is 9.17. The third-order valence-electron chi connectivity index (χ3n) is 2.38. The van der Waals surface area contributed by atoms with Crippen LogP contribution in [0.1, 0.15) is 13.8 Å². The van der Waals surface area contributed by atoms with Crippen molar-refractivity contribution < 1.29 is 8.78 Å². The van der Waals surface area contributed by atoms with Gasteiger partial charge in [0.25, 0.3) is 0 Å². The Morgan fingerprint density at radius 3 is 2.69 bits per heavy atom. The summed E-state index contributed by atoms with van der Waals surface area (Å²) < 4.78 is 28.3. The van der Waals surface area contributed by atoms with Crippen molar-refractivity contribution in [1.82, 2.24) is 9.55 Å². The van der Waals surface area contributed by atoms with Crippen molar-refractivity contribution in [1.29, 1.82) is 0 Å². The van der Waals surface area contributed by atoms with Crippen LogP contribution in [-0.4, -0.2) is 9.55 Å². The molecule has 1 aromatic carbocycles. The van der Waals surface area contributed by atoms with Gasteiger partial charge in [-0.1, -0.05) is 13.8 Å². The summed E-state index contributed by atoms with van der Waals surface area (Å²) in [7, 11) is 0. The zero-order chi connectivity index (χ0) is 11.9. The van der Waals surface area contributed by atoms with Gasteiger partial charge in [0.1, 0.15) is 5.52 Å². The Bertz CT molecular complexity index is 531. The van der Waals surface area contributed by atoms with E-state index in [9.17, 15) is 8.78 Å². The molecule has 0 atom stereocenters. The predicted molar refractivity (Wildman–Crippen MR) is 58.9 cm³/mol. The van der Waals surface area contributed by atoms with Crippen LogP contribution < -0.4 is 5.73 Å². The van der Waals surface area contributed by atoms with Crippen molar-refractivity contribution in [3.63, 3.8) is 0 Å². The van der Waals surface area contributed by atoms with Crippen LogP contribution in [0.4, 0.5) is 14.7 Å². The fourth-order valence-electron chi connectivity index (χ4n) is 1.73. The van der Waals surface area contributed by atoms with Gasteiger partial charge in [0.05, 0.1) is 5.52 Å². The van der Waals surface area contributed by atoms with Gasteiger partial charge in [0, 0.05) is 6.54 Å². The monoisotopic (exact) mass is 225 g/mol. The summed E-state index contributed by atoms with van der Waals surface area (Å²) in [6, 6.07) is 2.49. The lowest BCUT2D eigenvalue weighted by molar-refractivity contribution is 0.499. The maximum Gasteiger partial charge on any atom is 0.201 e. The fraction of sp³-hybridized carbons (Fsp3) is 0.364. The topological polar surface area (TPSA) is 43.8 Å². The number of imidazole rings is 1. The second kappa shape index (κ2) is 3.73. The Morgan fingerprint density at radius 2 is 2.06 bits per heavy atom. The van der Waals surface area contributed by atoms with E-state index in [0.29, 0.717) is 12.1 Å². The number of nitrogen functional groups attached to an aromatic ring is 1. The van der Waals surface area contributed by atoms with Crippen molar-refractivity contribution in [2.24, 2.45) is 5.92 Å². The average Bonchev–Trinajstić information content (AvgIpc) is 2.50. The van der Waals surface area contributed by atoms with E-state index in [1.54, 1.807) is 0 Å². The lowest BCUT2D eigenvalue weighted by Crippen LogP contribution is -2.09. The number of fused-ring (bicyclic) bond motifs is 1. The van der Waals surface area contributed by atoms with Gasteiger partial charge >= 0.3 is 0 Å². The maximum absolute atomic E-state index is 13.6. The molecule has 2 N–H and O–H groups in total. The number of hydrogen-bond donors (Lipinski definition) is 1. The van der Waals surface area contributed by atoms with Crippen LogP contribution in [0.3, 0.4) is 0 Å². The minimum atomic E-state index is -0.887. The van der Waals surface area contributed by atoms with Gasteiger partial charge in [-0.25, -0.2) is 13.8 Å². The summed E-state index contributed by atoms with van der Waals surface area (Å²) in [5.41, 5.74) is 6.21. The molecule has 16 heavy (non-hydrogen) atoms. The molecule has 1 heterocycles. The molecule has 0 amide bonds. The minimum absolute atomic E-state index is 0.145. The van der Waals surface area contributed by atoms with Crippen LogP contribution in [-0.2, 0) is 6.54 Å². The molecule has 1 aromatic heterocycles. The van der Waals surface area contributed by atoms with Gasteiger partial charge in [-0.2, -0.15) is 0 Å². The Labute approximate surface area is 91.9 Å². The largest absolute Gasteiger partial charge is 0.369 e. The summed E-state index contributed by atoms with van der Waals surface area (Å²) in [5, 5.41) is 0. The number of halogens is 2. The van der Waals surface area contributed by atoms with Crippen molar-refractivity contribution in [3.05, 3.63) is 23.8 Å². The van der Waals surface area contributed by atoms with E-state index >= 15 is 0 Å². The lowest BCUT2D eigenvalue weighted by atomic mass is 10.2. The first kappa shape index (κ1) is 10.9. The van der Waals surface area contributed by atoms with Crippen LogP contribution in [0, 0.1) is 17.6 Å². The summed E-state index contributed by atoms with van der Waals surface area (Å²) in [6.45, 7) is 4.47. The Kier molecular flexibility index (Phi) is 2.53. The Hall–Kier alpha value is -1.65. The summed E-state index contributed by atoms with van der Waals surface area (Å²) in [4.78, 5) is 4.00. The van der Waals surface area contributed by atoms with E-state index in [1.807, 2.05) is 13.8 Å². The first-order valence-electron chi connectivity index (χ1n) is 5.10. The van der Waals surface area contributed by atoms with E-state index in [1.165, 1.54) is 10.6 Å². The summed E-state index contributed by atoms with van der Waals surface area (Å²) in [5.74, 6) is -1.27. The molecular weight excluding hydrogens is 212 g/mol. The molecule has 0 saturated heterocycles. The predicted octanol–water partition coefficient (Wildman–Crippen LogP) is 2.55. The minimum Gasteiger partial charge on any atom is -0.369 e. The molecule has 86 valence electrons. The normalized spacial score (nSPS) is 11.6. The number of benzene rings is 1. The molecule has 0 aliphatic heterocycles. The third kappa shape index (κ3) is 1.62. The van der Waals surface area contributed by atoms with Crippen molar-refractivity contribution in [2.75, 3.05) is 5.73 Å². The van der Waals surface area contributed by atoms with Crippen LogP contribution in [0.25, 0.3) is 11.0 Å². The zero-order valence-electron chi connectivity index (χ0n) is 9.17. The second-order valence-corrected chi connectivity index (χ2v) is 4.20. The lowest BCUT2D eigenvalue weighted by Gasteiger charge is -2.09. The van der Waals surface area contributed by atoms with Crippen molar-refractivity contribution >= 4 is 17.0 Å². The number of nitrogens with zero attached hydrogens (tertiary/aromatic N) is 2. The van der Waals surface area contributed by atoms with Gasteiger partial charge in [-0.15, -0.1) is 0 Å². The molecule has 0 unspecified atom stereocenters. The Morgan fingerprint density at radius 1 is 1.38 bits per heavy atom. The molecule has 5 heteroatoms. The van der Waals surface area contributed by atoms with Crippen LogP contribution in [0.5, 0.6) is 0 Å². The van der Waals surface area contributed by atoms with E-state index in [4.69, 9.17) is 5.73 Å². The van der Waals surface area contributed by atoms with Gasteiger partial charge < -0.3 is 10.3 Å². The van der Waals surface area contributed by atoms with Gasteiger partial charge in [0.2, 0.25) is 5.95 Å². The molecular formula is C11H13F2N3. The highest BCUT2D eigenvalue weighted by Gasteiger charge is 2.16. The molecule has 2 aromatic rings. The van der Waals surface area contributed by atoms with E-state index < -0.39 is 11.6 Å². The van der Waals surface area contributed by atoms with Crippen molar-refractivity contribution in [2.45, 2.75) is 20.4 Å². The number of aromatic nitrogens is 2. The standard InChI is InChI=1S/C11H13F2N3/c1-6(2)5-16-10-8(15-11(16)14)4-3-7(12)9(10)13/h3-4,6H,5H2,1-2H3,(H2,14,15). The van der Waals surface area contributed by atoms with E-state index in [-0.39, 0.29) is 17.4 Å². The number of anilines is 1.